The molecule has 0 bridgehead atoms. The Balaban J connectivity index is 1.91. The predicted molar refractivity (Wildman–Crippen MR) is 125 cm³/mol. The molecule has 0 saturated carbocycles. The minimum atomic E-state index is -4.60. The van der Waals surface area contributed by atoms with Gasteiger partial charge in [-0.2, -0.15) is 13.2 Å². The van der Waals surface area contributed by atoms with Gasteiger partial charge in [-0.25, -0.2) is 4.98 Å². The van der Waals surface area contributed by atoms with Gasteiger partial charge in [-0.3, -0.25) is 4.79 Å². The van der Waals surface area contributed by atoms with Crippen molar-refractivity contribution in [2.75, 3.05) is 19.7 Å². The number of nitrogens with zero attached hydrogens (tertiary/aromatic N) is 2. The highest BCUT2D eigenvalue weighted by Gasteiger charge is 2.32. The standard InChI is InChI=1S/C26H27F3N2O4/c1-3-14-31(4-2)25(34)20-15-18(26(27,28)29)10-13-24(20)35-19-11-8-17(9-12-19)21-6-5-7-22(30-21)23(33)16-32/h5-13,15,23,32-33H,3-4,14,16H2,1-2H3/t23-/m1/s1. The quantitative estimate of drug-likeness (QED) is 0.418. The molecule has 9 heteroatoms. The molecule has 3 aromatic rings. The Morgan fingerprint density at radius 1 is 1.09 bits per heavy atom. The zero-order chi connectivity index (χ0) is 25.6. The van der Waals surface area contributed by atoms with E-state index in [1.165, 1.54) is 4.90 Å². The van der Waals surface area contributed by atoms with Crippen molar-refractivity contribution >= 4 is 5.91 Å². The third-order valence-electron chi connectivity index (χ3n) is 5.36. The first-order valence-electron chi connectivity index (χ1n) is 11.2. The first-order chi connectivity index (χ1) is 16.7. The number of benzene rings is 2. The topological polar surface area (TPSA) is 82.9 Å². The Hall–Kier alpha value is -3.43. The molecule has 6 nitrogen and oxygen atoms in total. The zero-order valence-electron chi connectivity index (χ0n) is 19.4. The Bertz CT molecular complexity index is 1150. The highest BCUT2D eigenvalue weighted by atomic mass is 19.4. The van der Waals surface area contributed by atoms with Crippen LogP contribution < -0.4 is 4.74 Å². The van der Waals surface area contributed by atoms with Crippen LogP contribution >= 0.6 is 0 Å². The number of rotatable bonds is 9. The zero-order valence-corrected chi connectivity index (χ0v) is 19.4. The largest absolute Gasteiger partial charge is 0.457 e. The summed E-state index contributed by atoms with van der Waals surface area (Å²) in [6, 6.07) is 14.5. The van der Waals surface area contributed by atoms with Crippen molar-refractivity contribution in [1.29, 1.82) is 0 Å². The first kappa shape index (κ1) is 26.2. The maximum atomic E-state index is 13.3. The molecule has 0 spiro atoms. The number of carbonyl (C=O) groups excluding carboxylic acids is 1. The molecule has 35 heavy (non-hydrogen) atoms. The molecule has 1 aromatic heterocycles. The molecule has 1 atom stereocenters. The molecule has 0 fully saturated rings. The molecule has 0 radical (unpaired) electrons. The molecular weight excluding hydrogens is 461 g/mol. The summed E-state index contributed by atoms with van der Waals surface area (Å²) in [7, 11) is 0. The Morgan fingerprint density at radius 3 is 2.40 bits per heavy atom. The Kier molecular flexibility index (Phi) is 8.48. The van der Waals surface area contributed by atoms with Crippen molar-refractivity contribution in [1.82, 2.24) is 9.88 Å². The van der Waals surface area contributed by atoms with Crippen molar-refractivity contribution < 1.29 is 32.9 Å². The van der Waals surface area contributed by atoms with Crippen LogP contribution in [0.5, 0.6) is 11.5 Å². The predicted octanol–water partition coefficient (Wildman–Crippen LogP) is 5.46. The van der Waals surface area contributed by atoms with Crippen molar-refractivity contribution in [2.24, 2.45) is 0 Å². The van der Waals surface area contributed by atoms with E-state index in [-0.39, 0.29) is 11.3 Å². The van der Waals surface area contributed by atoms with Gasteiger partial charge in [0.1, 0.15) is 17.6 Å². The normalized spacial score (nSPS) is 12.3. The highest BCUT2D eigenvalue weighted by molar-refractivity contribution is 5.97. The van der Waals surface area contributed by atoms with E-state index >= 15 is 0 Å². The van der Waals surface area contributed by atoms with Gasteiger partial charge < -0.3 is 19.8 Å². The summed E-state index contributed by atoms with van der Waals surface area (Å²) in [5.74, 6) is -0.181. The number of hydrogen-bond acceptors (Lipinski definition) is 5. The van der Waals surface area contributed by atoms with Gasteiger partial charge in [-0.1, -0.05) is 13.0 Å². The lowest BCUT2D eigenvalue weighted by molar-refractivity contribution is -0.137. The maximum absolute atomic E-state index is 13.3. The number of aromatic nitrogens is 1. The van der Waals surface area contributed by atoms with Crippen molar-refractivity contribution in [3.8, 4) is 22.8 Å². The average Bonchev–Trinajstić information content (AvgIpc) is 2.86. The fourth-order valence-electron chi connectivity index (χ4n) is 3.52. The van der Waals surface area contributed by atoms with E-state index in [2.05, 4.69) is 4.98 Å². The number of pyridine rings is 1. The SMILES string of the molecule is CCCN(CC)C(=O)c1cc(C(F)(F)F)ccc1Oc1ccc(-c2cccc([C@H](O)CO)n2)cc1. The van der Waals surface area contributed by atoms with Crippen LogP contribution in [0, 0.1) is 0 Å². The lowest BCUT2D eigenvalue weighted by atomic mass is 10.1. The minimum absolute atomic E-state index is 0.0245. The number of halogens is 3. The van der Waals surface area contributed by atoms with E-state index in [1.807, 2.05) is 6.92 Å². The summed E-state index contributed by atoms with van der Waals surface area (Å²) in [4.78, 5) is 18.9. The van der Waals surface area contributed by atoms with Gasteiger partial charge in [0.15, 0.2) is 0 Å². The molecule has 2 N–H and O–H groups in total. The number of alkyl halides is 3. The molecule has 0 unspecified atom stereocenters. The maximum Gasteiger partial charge on any atom is 0.416 e. The molecule has 3 rings (SSSR count). The Morgan fingerprint density at radius 2 is 1.80 bits per heavy atom. The second-order valence-electron chi connectivity index (χ2n) is 7.87. The molecule has 1 heterocycles. The summed E-state index contributed by atoms with van der Waals surface area (Å²) in [6.45, 7) is 3.97. The number of amides is 1. The van der Waals surface area contributed by atoms with Crippen molar-refractivity contribution in [3.63, 3.8) is 0 Å². The minimum Gasteiger partial charge on any atom is -0.457 e. The number of aliphatic hydroxyl groups excluding tert-OH is 2. The second-order valence-corrected chi connectivity index (χ2v) is 7.87. The van der Waals surface area contributed by atoms with Gasteiger partial charge in [-0.15, -0.1) is 0 Å². The molecule has 1 amide bonds. The second kappa shape index (κ2) is 11.3. The summed E-state index contributed by atoms with van der Waals surface area (Å²) < 4.78 is 45.8. The van der Waals surface area contributed by atoms with Gasteiger partial charge in [0.05, 0.1) is 29.1 Å². The molecule has 0 aliphatic carbocycles. The number of aliphatic hydroxyl groups is 2. The van der Waals surface area contributed by atoms with Gasteiger partial charge in [0.25, 0.3) is 5.91 Å². The fraction of sp³-hybridized carbons (Fsp3) is 0.308. The monoisotopic (exact) mass is 488 g/mol. The van der Waals surface area contributed by atoms with Crippen molar-refractivity contribution in [3.05, 3.63) is 77.5 Å². The molecule has 0 saturated heterocycles. The molecular formula is C26H27F3N2O4. The first-order valence-corrected chi connectivity index (χ1v) is 11.2. The van der Waals surface area contributed by atoms with E-state index in [9.17, 15) is 23.1 Å². The number of ether oxygens (including phenoxy) is 1. The van der Waals surface area contributed by atoms with E-state index in [1.54, 1.807) is 49.4 Å². The molecule has 0 aliphatic heterocycles. The van der Waals surface area contributed by atoms with Gasteiger partial charge in [-0.05, 0) is 67.9 Å². The smallest absolute Gasteiger partial charge is 0.416 e. The lowest BCUT2D eigenvalue weighted by Crippen LogP contribution is -2.32. The van der Waals surface area contributed by atoms with Crippen LogP contribution in [0.4, 0.5) is 13.2 Å². The third kappa shape index (κ3) is 6.37. The van der Waals surface area contributed by atoms with Gasteiger partial charge in [0, 0.05) is 18.7 Å². The van der Waals surface area contributed by atoms with Crippen LogP contribution in [0.1, 0.15) is 48.0 Å². The lowest BCUT2D eigenvalue weighted by Gasteiger charge is -2.22. The fourth-order valence-corrected chi connectivity index (χ4v) is 3.52. The van der Waals surface area contributed by atoms with Crippen LogP contribution in [-0.2, 0) is 6.18 Å². The van der Waals surface area contributed by atoms with E-state index < -0.39 is 30.4 Å². The summed E-state index contributed by atoms with van der Waals surface area (Å²) >= 11 is 0. The number of hydrogen-bond donors (Lipinski definition) is 2. The van der Waals surface area contributed by atoms with E-state index in [0.717, 1.165) is 18.2 Å². The summed E-state index contributed by atoms with van der Waals surface area (Å²) in [5, 5.41) is 18.9. The van der Waals surface area contributed by atoms with Crippen LogP contribution in [-0.4, -0.2) is 45.7 Å². The Labute approximate surface area is 201 Å². The van der Waals surface area contributed by atoms with Crippen LogP contribution in [0.15, 0.2) is 60.7 Å². The van der Waals surface area contributed by atoms with Gasteiger partial charge in [0.2, 0.25) is 0 Å². The molecule has 186 valence electrons. The molecule has 0 aliphatic rings. The third-order valence-corrected chi connectivity index (χ3v) is 5.36. The van der Waals surface area contributed by atoms with Gasteiger partial charge >= 0.3 is 6.18 Å². The number of carbonyl (C=O) groups is 1. The summed E-state index contributed by atoms with van der Waals surface area (Å²) in [6.07, 6.45) is -5.02. The van der Waals surface area contributed by atoms with Crippen LogP contribution in [0.2, 0.25) is 0 Å². The van der Waals surface area contributed by atoms with E-state index in [4.69, 9.17) is 9.84 Å². The van der Waals surface area contributed by atoms with Crippen LogP contribution in [0.25, 0.3) is 11.3 Å². The molecule has 2 aromatic carbocycles. The summed E-state index contributed by atoms with van der Waals surface area (Å²) in [5.41, 5.74) is 0.503. The highest BCUT2D eigenvalue weighted by Crippen LogP contribution is 2.35. The van der Waals surface area contributed by atoms with E-state index in [0.29, 0.717) is 42.2 Å². The average molecular weight is 489 g/mol. The van der Waals surface area contributed by atoms with Crippen LogP contribution in [0.3, 0.4) is 0 Å². The van der Waals surface area contributed by atoms with Crippen molar-refractivity contribution in [2.45, 2.75) is 32.5 Å².